The highest BCUT2D eigenvalue weighted by Crippen LogP contribution is 2.32. The molecule has 0 aliphatic heterocycles. The first-order valence-electron chi connectivity index (χ1n) is 6.33. The van der Waals surface area contributed by atoms with Crippen LogP contribution in [0.4, 0.5) is 13.9 Å². The number of nitrogens with one attached hydrogen (secondary N) is 1. The van der Waals surface area contributed by atoms with Crippen molar-refractivity contribution in [3.63, 3.8) is 0 Å². The van der Waals surface area contributed by atoms with Crippen molar-refractivity contribution in [2.75, 3.05) is 5.32 Å². The number of anilines is 1. The Balaban J connectivity index is 1.81. The van der Waals surface area contributed by atoms with E-state index in [1.165, 1.54) is 11.3 Å². The SMILES string of the molecule is O=C(Nc1nc2ccc(SC(F)F)cc2s1)c1ccccc1. The number of halogens is 2. The van der Waals surface area contributed by atoms with E-state index in [2.05, 4.69) is 10.3 Å². The molecule has 0 bridgehead atoms. The Morgan fingerprint density at radius 2 is 1.95 bits per heavy atom. The molecule has 1 amide bonds. The molecule has 1 N–H and O–H groups in total. The molecule has 22 heavy (non-hydrogen) atoms. The standard InChI is InChI=1S/C15H10F2N2OS2/c16-14(17)21-10-6-7-11-12(8-10)22-15(18-11)19-13(20)9-4-2-1-3-5-9/h1-8,14H,(H,18,19,20). The molecule has 0 radical (unpaired) electrons. The van der Waals surface area contributed by atoms with Gasteiger partial charge in [-0.1, -0.05) is 41.3 Å². The van der Waals surface area contributed by atoms with Crippen molar-refractivity contribution in [3.8, 4) is 0 Å². The van der Waals surface area contributed by atoms with Gasteiger partial charge in [0.15, 0.2) is 5.13 Å². The molecule has 3 aromatic rings. The van der Waals surface area contributed by atoms with Gasteiger partial charge in [-0.25, -0.2) is 4.98 Å². The molecule has 0 saturated carbocycles. The van der Waals surface area contributed by atoms with Gasteiger partial charge in [-0.05, 0) is 30.3 Å². The van der Waals surface area contributed by atoms with E-state index in [0.717, 1.165) is 4.70 Å². The van der Waals surface area contributed by atoms with Crippen LogP contribution in [0, 0.1) is 0 Å². The fraction of sp³-hybridized carbons (Fsp3) is 0.0667. The largest absolute Gasteiger partial charge is 0.298 e. The zero-order valence-electron chi connectivity index (χ0n) is 11.1. The molecule has 0 atom stereocenters. The Morgan fingerprint density at radius 3 is 2.68 bits per heavy atom. The van der Waals surface area contributed by atoms with E-state index < -0.39 is 5.76 Å². The second-order valence-electron chi connectivity index (χ2n) is 4.35. The van der Waals surface area contributed by atoms with Crippen LogP contribution in [0.2, 0.25) is 0 Å². The summed E-state index contributed by atoms with van der Waals surface area (Å²) >= 11 is 1.75. The number of benzene rings is 2. The number of hydrogen-bond acceptors (Lipinski definition) is 4. The molecule has 3 rings (SSSR count). The van der Waals surface area contributed by atoms with Gasteiger partial charge in [0.05, 0.1) is 10.2 Å². The van der Waals surface area contributed by atoms with Crippen molar-refractivity contribution in [1.82, 2.24) is 4.98 Å². The summed E-state index contributed by atoms with van der Waals surface area (Å²) in [5.41, 5.74) is 1.21. The number of thioether (sulfide) groups is 1. The number of thiazole rings is 1. The van der Waals surface area contributed by atoms with Crippen LogP contribution >= 0.6 is 23.1 Å². The number of carbonyl (C=O) groups is 1. The molecule has 1 heterocycles. The summed E-state index contributed by atoms with van der Waals surface area (Å²) in [6.45, 7) is 0. The molecular formula is C15H10F2N2OS2. The maximum atomic E-state index is 12.4. The number of fused-ring (bicyclic) bond motifs is 1. The van der Waals surface area contributed by atoms with Gasteiger partial charge in [0.1, 0.15) is 0 Å². The van der Waals surface area contributed by atoms with Crippen LogP contribution < -0.4 is 5.32 Å². The lowest BCUT2D eigenvalue weighted by molar-refractivity contribution is 0.102. The lowest BCUT2D eigenvalue weighted by Gasteiger charge is -2.00. The highest BCUT2D eigenvalue weighted by molar-refractivity contribution is 7.99. The maximum Gasteiger partial charge on any atom is 0.288 e. The van der Waals surface area contributed by atoms with Crippen LogP contribution in [-0.2, 0) is 0 Å². The Morgan fingerprint density at radius 1 is 1.18 bits per heavy atom. The Hall–Kier alpha value is -1.99. The maximum absolute atomic E-state index is 12.4. The molecular weight excluding hydrogens is 326 g/mol. The molecule has 112 valence electrons. The van der Waals surface area contributed by atoms with Crippen molar-refractivity contribution >= 4 is 44.4 Å². The number of nitrogens with zero attached hydrogens (tertiary/aromatic N) is 1. The third-order valence-electron chi connectivity index (χ3n) is 2.84. The smallest absolute Gasteiger partial charge is 0.288 e. The summed E-state index contributed by atoms with van der Waals surface area (Å²) in [6.07, 6.45) is 0. The number of carbonyl (C=O) groups excluding carboxylic acids is 1. The van der Waals surface area contributed by atoms with E-state index >= 15 is 0 Å². The second-order valence-corrected chi connectivity index (χ2v) is 6.44. The first-order chi connectivity index (χ1) is 10.6. The zero-order valence-corrected chi connectivity index (χ0v) is 12.8. The van der Waals surface area contributed by atoms with Crippen molar-refractivity contribution in [3.05, 3.63) is 54.1 Å². The molecule has 7 heteroatoms. The van der Waals surface area contributed by atoms with Crippen LogP contribution in [0.15, 0.2) is 53.4 Å². The molecule has 2 aromatic carbocycles. The van der Waals surface area contributed by atoms with E-state index in [1.54, 1.807) is 42.5 Å². The highest BCUT2D eigenvalue weighted by atomic mass is 32.2. The predicted molar refractivity (Wildman–Crippen MR) is 85.9 cm³/mol. The van der Waals surface area contributed by atoms with Crippen LogP contribution in [0.1, 0.15) is 10.4 Å². The van der Waals surface area contributed by atoms with Gasteiger partial charge in [-0.3, -0.25) is 10.1 Å². The number of aromatic nitrogens is 1. The van der Waals surface area contributed by atoms with Gasteiger partial charge in [0.2, 0.25) is 0 Å². The molecule has 0 spiro atoms. The fourth-order valence-electron chi connectivity index (χ4n) is 1.89. The first-order valence-corrected chi connectivity index (χ1v) is 8.03. The van der Waals surface area contributed by atoms with Gasteiger partial charge in [-0.15, -0.1) is 0 Å². The van der Waals surface area contributed by atoms with Crippen molar-refractivity contribution in [1.29, 1.82) is 0 Å². The van der Waals surface area contributed by atoms with E-state index in [1.807, 2.05) is 6.07 Å². The normalized spacial score (nSPS) is 11.0. The second kappa shape index (κ2) is 6.41. The Kier molecular flexibility index (Phi) is 4.35. The van der Waals surface area contributed by atoms with Crippen LogP contribution in [-0.4, -0.2) is 16.6 Å². The minimum atomic E-state index is -2.46. The lowest BCUT2D eigenvalue weighted by Crippen LogP contribution is -2.11. The van der Waals surface area contributed by atoms with E-state index in [4.69, 9.17) is 0 Å². The summed E-state index contributed by atoms with van der Waals surface area (Å²) in [5.74, 6) is -2.70. The topological polar surface area (TPSA) is 42.0 Å². The Labute approximate surface area is 133 Å². The van der Waals surface area contributed by atoms with E-state index in [0.29, 0.717) is 32.9 Å². The molecule has 0 saturated heterocycles. The third kappa shape index (κ3) is 3.42. The molecule has 0 aliphatic rings. The number of amides is 1. The van der Waals surface area contributed by atoms with Crippen molar-refractivity contribution in [2.45, 2.75) is 10.7 Å². The first kappa shape index (κ1) is 14.9. The quantitative estimate of drug-likeness (QED) is 0.692. The average molecular weight is 336 g/mol. The molecule has 0 fully saturated rings. The van der Waals surface area contributed by atoms with Crippen LogP contribution in [0.25, 0.3) is 10.2 Å². The van der Waals surface area contributed by atoms with Gasteiger partial charge in [0, 0.05) is 10.5 Å². The number of alkyl halides is 2. The van der Waals surface area contributed by atoms with Gasteiger partial charge >= 0.3 is 0 Å². The number of hydrogen-bond donors (Lipinski definition) is 1. The van der Waals surface area contributed by atoms with Crippen molar-refractivity contribution in [2.24, 2.45) is 0 Å². The van der Waals surface area contributed by atoms with Gasteiger partial charge in [-0.2, -0.15) is 8.78 Å². The van der Waals surface area contributed by atoms with Crippen molar-refractivity contribution < 1.29 is 13.6 Å². The zero-order chi connectivity index (χ0) is 15.5. The lowest BCUT2D eigenvalue weighted by atomic mass is 10.2. The van der Waals surface area contributed by atoms with Crippen LogP contribution in [0.3, 0.4) is 0 Å². The molecule has 3 nitrogen and oxygen atoms in total. The molecule has 1 aromatic heterocycles. The van der Waals surface area contributed by atoms with Gasteiger partial charge < -0.3 is 0 Å². The summed E-state index contributed by atoms with van der Waals surface area (Å²) in [7, 11) is 0. The summed E-state index contributed by atoms with van der Waals surface area (Å²) in [6, 6.07) is 13.7. The Bertz CT molecular complexity index is 806. The van der Waals surface area contributed by atoms with Crippen LogP contribution in [0.5, 0.6) is 0 Å². The fourth-order valence-corrected chi connectivity index (χ4v) is 3.41. The van der Waals surface area contributed by atoms with E-state index in [9.17, 15) is 13.6 Å². The minimum Gasteiger partial charge on any atom is -0.298 e. The summed E-state index contributed by atoms with van der Waals surface area (Å²) in [4.78, 5) is 16.8. The molecule has 0 unspecified atom stereocenters. The molecule has 0 aliphatic carbocycles. The predicted octanol–water partition coefficient (Wildman–Crippen LogP) is 4.86. The minimum absolute atomic E-state index is 0.248. The number of rotatable bonds is 4. The summed E-state index contributed by atoms with van der Waals surface area (Å²) in [5, 5.41) is 3.17. The van der Waals surface area contributed by atoms with Gasteiger partial charge in [0.25, 0.3) is 11.7 Å². The third-order valence-corrected chi connectivity index (χ3v) is 4.48. The van der Waals surface area contributed by atoms with E-state index in [-0.39, 0.29) is 5.91 Å². The summed E-state index contributed by atoms with van der Waals surface area (Å²) < 4.78 is 25.5. The average Bonchev–Trinajstić information content (AvgIpc) is 2.89. The highest BCUT2D eigenvalue weighted by Gasteiger charge is 2.11. The monoisotopic (exact) mass is 336 g/mol.